The molecular formula is C24H22ClN5O2. The summed E-state index contributed by atoms with van der Waals surface area (Å²) in [4.78, 5) is 17.1. The first-order valence-corrected chi connectivity index (χ1v) is 10.9. The second-order valence-electron chi connectivity index (χ2n) is 7.64. The van der Waals surface area contributed by atoms with Crippen molar-refractivity contribution in [1.82, 2.24) is 19.7 Å². The molecule has 0 atom stereocenters. The van der Waals surface area contributed by atoms with Gasteiger partial charge in [0.2, 0.25) is 11.8 Å². The summed E-state index contributed by atoms with van der Waals surface area (Å²) in [5.41, 5.74) is 2.71. The maximum atomic E-state index is 13.0. The third-order valence-corrected chi connectivity index (χ3v) is 5.88. The number of halogens is 1. The van der Waals surface area contributed by atoms with Crippen molar-refractivity contribution in [3.63, 3.8) is 0 Å². The van der Waals surface area contributed by atoms with Gasteiger partial charge in [-0.2, -0.15) is 0 Å². The largest absolute Gasteiger partial charge is 0.415 e. The Morgan fingerprint density at radius 3 is 2.34 bits per heavy atom. The maximum absolute atomic E-state index is 13.0. The van der Waals surface area contributed by atoms with Crippen LogP contribution in [0.1, 0.15) is 0 Å². The minimum atomic E-state index is 0.0704. The average molecular weight is 448 g/mol. The van der Waals surface area contributed by atoms with Crippen LogP contribution < -0.4 is 4.90 Å². The Morgan fingerprint density at radius 1 is 0.875 bits per heavy atom. The number of carbonyl (C=O) groups excluding carboxylic acids is 1. The lowest BCUT2D eigenvalue weighted by Crippen LogP contribution is -2.49. The quantitative estimate of drug-likeness (QED) is 0.458. The Labute approximate surface area is 190 Å². The number of hydrogen-bond donors (Lipinski definition) is 0. The van der Waals surface area contributed by atoms with E-state index in [9.17, 15) is 4.79 Å². The summed E-state index contributed by atoms with van der Waals surface area (Å²) >= 11 is 5.98. The fraction of sp³-hybridized carbons (Fsp3) is 0.208. The van der Waals surface area contributed by atoms with Crippen molar-refractivity contribution >= 4 is 23.2 Å². The molecule has 1 amide bonds. The third-order valence-electron chi connectivity index (χ3n) is 5.62. The van der Waals surface area contributed by atoms with E-state index in [-0.39, 0.29) is 12.5 Å². The van der Waals surface area contributed by atoms with E-state index in [1.807, 2.05) is 82.4 Å². The highest BCUT2D eigenvalue weighted by Crippen LogP contribution is 2.24. The molecule has 1 fully saturated rings. The molecule has 3 heterocycles. The Hall–Kier alpha value is -3.58. The van der Waals surface area contributed by atoms with Crippen LogP contribution in [-0.4, -0.2) is 51.8 Å². The third kappa shape index (κ3) is 4.24. The number of aromatic nitrogens is 3. The standard InChI is InChI=1S/C24H22ClN5O2/c25-19-8-10-20(11-9-19)28-13-15-29(16-14-28)22(31)17-30-12-4-7-21(30)24-27-26-23(32-24)18-5-2-1-3-6-18/h1-12H,13-17H2. The minimum Gasteiger partial charge on any atom is -0.415 e. The van der Waals surface area contributed by atoms with Crippen LogP contribution in [0.4, 0.5) is 5.69 Å². The number of benzene rings is 2. The molecule has 0 aliphatic carbocycles. The van der Waals surface area contributed by atoms with E-state index in [4.69, 9.17) is 16.0 Å². The van der Waals surface area contributed by atoms with Crippen LogP contribution in [0.15, 0.2) is 77.3 Å². The summed E-state index contributed by atoms with van der Waals surface area (Å²) in [7, 11) is 0. The highest BCUT2D eigenvalue weighted by Gasteiger charge is 2.23. The molecule has 0 spiro atoms. The first-order chi connectivity index (χ1) is 15.7. The lowest BCUT2D eigenvalue weighted by Gasteiger charge is -2.36. The number of nitrogens with zero attached hydrogens (tertiary/aromatic N) is 5. The topological polar surface area (TPSA) is 67.4 Å². The second kappa shape index (κ2) is 8.88. The van der Waals surface area contributed by atoms with Gasteiger partial charge in [-0.15, -0.1) is 10.2 Å². The van der Waals surface area contributed by atoms with E-state index in [1.165, 1.54) is 0 Å². The molecule has 1 aliphatic heterocycles. The Kier molecular flexibility index (Phi) is 5.64. The van der Waals surface area contributed by atoms with Crippen molar-refractivity contribution in [2.75, 3.05) is 31.1 Å². The number of hydrogen-bond acceptors (Lipinski definition) is 5. The summed E-state index contributed by atoms with van der Waals surface area (Å²) in [6, 6.07) is 21.2. The van der Waals surface area contributed by atoms with Gasteiger partial charge in [0, 0.05) is 48.6 Å². The molecule has 5 rings (SSSR count). The van der Waals surface area contributed by atoms with Gasteiger partial charge in [-0.05, 0) is 48.5 Å². The van der Waals surface area contributed by atoms with E-state index < -0.39 is 0 Å². The van der Waals surface area contributed by atoms with Crippen LogP contribution >= 0.6 is 11.6 Å². The summed E-state index contributed by atoms with van der Waals surface area (Å²) < 4.78 is 7.73. The molecule has 1 aliphatic rings. The van der Waals surface area contributed by atoms with Crippen LogP contribution in [0, 0.1) is 0 Å². The molecular weight excluding hydrogens is 426 g/mol. The smallest absolute Gasteiger partial charge is 0.264 e. The van der Waals surface area contributed by atoms with E-state index in [1.54, 1.807) is 0 Å². The second-order valence-corrected chi connectivity index (χ2v) is 8.08. The van der Waals surface area contributed by atoms with Crippen molar-refractivity contribution in [3.8, 4) is 23.0 Å². The number of piperazine rings is 1. The fourth-order valence-electron chi connectivity index (χ4n) is 3.88. The maximum Gasteiger partial charge on any atom is 0.264 e. The first-order valence-electron chi connectivity index (χ1n) is 10.5. The molecule has 0 saturated carbocycles. The van der Waals surface area contributed by atoms with Gasteiger partial charge < -0.3 is 18.8 Å². The number of amides is 1. The summed E-state index contributed by atoms with van der Waals surface area (Å²) in [6.07, 6.45) is 1.86. The zero-order valence-electron chi connectivity index (χ0n) is 17.4. The SMILES string of the molecule is O=C(Cn1cccc1-c1nnc(-c2ccccc2)o1)N1CCN(c2ccc(Cl)cc2)CC1. The van der Waals surface area contributed by atoms with Crippen LogP contribution in [0.3, 0.4) is 0 Å². The summed E-state index contributed by atoms with van der Waals surface area (Å²) in [5.74, 6) is 0.924. The van der Waals surface area contributed by atoms with Gasteiger partial charge in [0.15, 0.2) is 0 Å². The van der Waals surface area contributed by atoms with Gasteiger partial charge in [0.05, 0.1) is 0 Å². The number of anilines is 1. The molecule has 0 unspecified atom stereocenters. The molecule has 1 saturated heterocycles. The Morgan fingerprint density at radius 2 is 1.59 bits per heavy atom. The molecule has 8 heteroatoms. The predicted octanol–water partition coefficient (Wildman–Crippen LogP) is 4.21. The van der Waals surface area contributed by atoms with Crippen LogP contribution in [0.2, 0.25) is 5.02 Å². The van der Waals surface area contributed by atoms with Crippen molar-refractivity contribution in [3.05, 3.63) is 77.9 Å². The highest BCUT2D eigenvalue weighted by molar-refractivity contribution is 6.30. The van der Waals surface area contributed by atoms with Gasteiger partial charge in [-0.25, -0.2) is 0 Å². The molecule has 0 N–H and O–H groups in total. The molecule has 32 heavy (non-hydrogen) atoms. The fourth-order valence-corrected chi connectivity index (χ4v) is 4.01. The summed E-state index contributed by atoms with van der Waals surface area (Å²) in [6.45, 7) is 3.16. The average Bonchev–Trinajstić information content (AvgIpc) is 3.50. The zero-order chi connectivity index (χ0) is 21.9. The van der Waals surface area contributed by atoms with E-state index >= 15 is 0 Å². The van der Waals surface area contributed by atoms with Gasteiger partial charge in [-0.3, -0.25) is 4.79 Å². The van der Waals surface area contributed by atoms with Crippen molar-refractivity contribution in [2.45, 2.75) is 6.54 Å². The van der Waals surface area contributed by atoms with Crippen LogP contribution in [0.25, 0.3) is 23.0 Å². The van der Waals surface area contributed by atoms with E-state index in [2.05, 4.69) is 15.1 Å². The van der Waals surface area contributed by atoms with Gasteiger partial charge in [-0.1, -0.05) is 29.8 Å². The first kappa shape index (κ1) is 20.3. The molecule has 0 radical (unpaired) electrons. The zero-order valence-corrected chi connectivity index (χ0v) is 18.2. The number of rotatable bonds is 5. The van der Waals surface area contributed by atoms with Crippen LogP contribution in [-0.2, 0) is 11.3 Å². The predicted molar refractivity (Wildman–Crippen MR) is 123 cm³/mol. The van der Waals surface area contributed by atoms with Crippen molar-refractivity contribution in [2.24, 2.45) is 0 Å². The molecule has 162 valence electrons. The molecule has 4 aromatic rings. The molecule has 2 aromatic heterocycles. The Balaban J connectivity index is 1.23. The van der Waals surface area contributed by atoms with Crippen molar-refractivity contribution in [1.29, 1.82) is 0 Å². The highest BCUT2D eigenvalue weighted by atomic mass is 35.5. The number of carbonyl (C=O) groups is 1. The van der Waals surface area contributed by atoms with Gasteiger partial charge in [0.25, 0.3) is 5.89 Å². The lowest BCUT2D eigenvalue weighted by atomic mass is 10.2. The van der Waals surface area contributed by atoms with E-state index in [0.717, 1.165) is 35.1 Å². The molecule has 0 bridgehead atoms. The van der Waals surface area contributed by atoms with Gasteiger partial charge >= 0.3 is 0 Å². The monoisotopic (exact) mass is 447 g/mol. The van der Waals surface area contributed by atoms with Crippen LogP contribution in [0.5, 0.6) is 0 Å². The normalized spacial score (nSPS) is 14.0. The van der Waals surface area contributed by atoms with Crippen molar-refractivity contribution < 1.29 is 9.21 Å². The molecule has 2 aromatic carbocycles. The lowest BCUT2D eigenvalue weighted by molar-refractivity contribution is -0.132. The molecule has 7 nitrogen and oxygen atoms in total. The Bertz CT molecular complexity index is 1190. The van der Waals surface area contributed by atoms with Gasteiger partial charge in [0.1, 0.15) is 12.2 Å². The minimum absolute atomic E-state index is 0.0704. The summed E-state index contributed by atoms with van der Waals surface area (Å²) in [5, 5.41) is 9.07. The van der Waals surface area contributed by atoms with E-state index in [0.29, 0.717) is 24.9 Å².